The van der Waals surface area contributed by atoms with Crippen LogP contribution in [0.15, 0.2) is 18.6 Å². The zero-order chi connectivity index (χ0) is 36.5. The van der Waals surface area contributed by atoms with Crippen LogP contribution in [0, 0.1) is 17.8 Å². The van der Waals surface area contributed by atoms with Gasteiger partial charge < -0.3 is 31.3 Å². The highest BCUT2D eigenvalue weighted by molar-refractivity contribution is 6.38. The van der Waals surface area contributed by atoms with Crippen molar-refractivity contribution in [3.05, 3.63) is 24.3 Å². The second-order valence-corrected chi connectivity index (χ2v) is 13.0. The van der Waals surface area contributed by atoms with Gasteiger partial charge in [0, 0.05) is 12.4 Å². The maximum absolute atomic E-state index is 13.9. The molecule has 0 bridgehead atoms. The van der Waals surface area contributed by atoms with E-state index in [2.05, 4.69) is 41.3 Å². The molecule has 0 spiro atoms. The second kappa shape index (κ2) is 20.8. The van der Waals surface area contributed by atoms with Crippen molar-refractivity contribution in [1.29, 1.82) is 0 Å². The summed E-state index contributed by atoms with van der Waals surface area (Å²) in [5.41, 5.74) is 0.0432. The summed E-state index contributed by atoms with van der Waals surface area (Å²) in [6.07, 6.45) is 10.1. The van der Waals surface area contributed by atoms with Gasteiger partial charge in [-0.2, -0.15) is 0 Å². The third-order valence-corrected chi connectivity index (χ3v) is 8.73. The van der Waals surface area contributed by atoms with E-state index in [9.17, 15) is 33.6 Å². The highest BCUT2D eigenvalue weighted by Crippen LogP contribution is 2.27. The molecule has 1 fully saturated rings. The van der Waals surface area contributed by atoms with E-state index in [0.29, 0.717) is 19.3 Å². The number of methoxy groups -OCH3 is 1. The number of esters is 1. The Morgan fingerprint density at radius 1 is 0.816 bits per heavy atom. The standard InChI is InChI=1S/C34H53N7O8/c1-7-21(5)28(41-31(45)24(16-20(3)4)39-32(46)26-18-35-14-15-36-26)33(47)40-25(17-22-12-10-9-11-13-22)30(44)38-23(8-2)29(43)34(48)37-19-27(42)49-6/h14-15,18,20-25,28H,7-13,16-17,19H2,1-6H3,(H,37,48)(H,38,44)(H,39,46)(H,40,47)(H,41,45)/t21-,23-,24-,25-,28-/m0/s1. The molecular formula is C34H53N7O8. The van der Waals surface area contributed by atoms with Crippen LogP contribution in [0.1, 0.15) is 103 Å². The fourth-order valence-corrected chi connectivity index (χ4v) is 5.65. The number of carbonyl (C=O) groups is 7. The number of nitrogens with one attached hydrogen (secondary N) is 5. The first-order valence-corrected chi connectivity index (χ1v) is 17.2. The highest BCUT2D eigenvalue weighted by Gasteiger charge is 2.35. The Morgan fingerprint density at radius 3 is 2.04 bits per heavy atom. The average Bonchev–Trinajstić information content (AvgIpc) is 3.10. The first-order chi connectivity index (χ1) is 23.3. The number of carbonyl (C=O) groups excluding carboxylic acids is 7. The zero-order valence-corrected chi connectivity index (χ0v) is 29.5. The van der Waals surface area contributed by atoms with Crippen LogP contribution in [-0.4, -0.2) is 89.1 Å². The zero-order valence-electron chi connectivity index (χ0n) is 29.5. The number of aromatic nitrogens is 2. The lowest BCUT2D eigenvalue weighted by molar-refractivity contribution is -0.144. The summed E-state index contributed by atoms with van der Waals surface area (Å²) in [5.74, 6) is -5.27. The second-order valence-electron chi connectivity index (χ2n) is 13.0. The largest absolute Gasteiger partial charge is 0.468 e. The molecule has 272 valence electrons. The summed E-state index contributed by atoms with van der Waals surface area (Å²) in [6, 6.07) is -4.27. The first-order valence-electron chi connectivity index (χ1n) is 17.2. The topological polar surface area (TPSA) is 215 Å². The van der Waals surface area contributed by atoms with Crippen LogP contribution in [0.2, 0.25) is 0 Å². The van der Waals surface area contributed by atoms with Crippen LogP contribution in [0.5, 0.6) is 0 Å². The van der Waals surface area contributed by atoms with Crippen molar-refractivity contribution in [2.45, 2.75) is 117 Å². The molecule has 1 aliphatic carbocycles. The van der Waals surface area contributed by atoms with Crippen LogP contribution >= 0.6 is 0 Å². The smallest absolute Gasteiger partial charge is 0.325 e. The van der Waals surface area contributed by atoms with E-state index in [-0.39, 0.29) is 29.9 Å². The Morgan fingerprint density at radius 2 is 1.47 bits per heavy atom. The number of nitrogens with zero attached hydrogens (tertiary/aromatic N) is 2. The quantitative estimate of drug-likeness (QED) is 0.104. The summed E-state index contributed by atoms with van der Waals surface area (Å²) in [7, 11) is 1.15. The summed E-state index contributed by atoms with van der Waals surface area (Å²) in [5, 5.41) is 13.2. The maximum atomic E-state index is 13.9. The van der Waals surface area contributed by atoms with E-state index >= 15 is 0 Å². The minimum absolute atomic E-state index is 0.0223. The van der Waals surface area contributed by atoms with Gasteiger partial charge in [0.15, 0.2) is 0 Å². The van der Waals surface area contributed by atoms with Gasteiger partial charge in [-0.3, -0.25) is 38.5 Å². The predicted octanol–water partition coefficient (Wildman–Crippen LogP) is 1.36. The molecule has 0 radical (unpaired) electrons. The molecule has 0 aromatic carbocycles. The molecule has 0 saturated heterocycles. The molecule has 1 aromatic heterocycles. The predicted molar refractivity (Wildman–Crippen MR) is 180 cm³/mol. The number of amides is 5. The molecule has 0 unspecified atom stereocenters. The van der Waals surface area contributed by atoms with Crippen molar-refractivity contribution >= 4 is 41.3 Å². The van der Waals surface area contributed by atoms with Gasteiger partial charge in [0.1, 0.15) is 30.4 Å². The lowest BCUT2D eigenvalue weighted by Gasteiger charge is -2.31. The number of ketones is 1. The van der Waals surface area contributed by atoms with Crippen LogP contribution < -0.4 is 26.6 Å². The van der Waals surface area contributed by atoms with Crippen LogP contribution in [-0.2, 0) is 33.5 Å². The van der Waals surface area contributed by atoms with Crippen molar-refractivity contribution in [3.8, 4) is 0 Å². The summed E-state index contributed by atoms with van der Waals surface area (Å²) in [4.78, 5) is 98.7. The molecule has 0 aliphatic heterocycles. The van der Waals surface area contributed by atoms with Gasteiger partial charge >= 0.3 is 5.97 Å². The SMILES string of the molecule is CC[C@H](NC(=O)[C@H](CC1CCCCC1)NC(=O)[C@@H](NC(=O)[C@H](CC(C)C)NC(=O)c1cnccn1)[C@@H](C)CC)C(=O)C(=O)NCC(=O)OC. The lowest BCUT2D eigenvalue weighted by Crippen LogP contribution is -2.60. The summed E-state index contributed by atoms with van der Waals surface area (Å²) >= 11 is 0. The van der Waals surface area contributed by atoms with Gasteiger partial charge in [-0.15, -0.1) is 0 Å². The monoisotopic (exact) mass is 687 g/mol. The maximum Gasteiger partial charge on any atom is 0.325 e. The van der Waals surface area contributed by atoms with Crippen LogP contribution in [0.4, 0.5) is 0 Å². The molecule has 15 nitrogen and oxygen atoms in total. The number of Topliss-reactive ketones (excluding diaryl/α,β-unsaturated/α-hetero) is 1. The third kappa shape index (κ3) is 13.5. The molecule has 5 atom stereocenters. The summed E-state index contributed by atoms with van der Waals surface area (Å²) < 4.78 is 4.48. The van der Waals surface area contributed by atoms with E-state index in [4.69, 9.17) is 0 Å². The normalized spacial score (nSPS) is 16.2. The van der Waals surface area contributed by atoms with Gasteiger partial charge in [0.2, 0.25) is 23.5 Å². The number of rotatable bonds is 19. The van der Waals surface area contributed by atoms with Crippen molar-refractivity contribution < 1.29 is 38.3 Å². The molecule has 1 saturated carbocycles. The lowest BCUT2D eigenvalue weighted by atomic mass is 9.84. The minimum Gasteiger partial charge on any atom is -0.468 e. The van der Waals surface area contributed by atoms with E-state index in [0.717, 1.165) is 39.2 Å². The Hall–Kier alpha value is -4.43. The Bertz CT molecular complexity index is 1290. The number of ether oxygens (including phenoxy) is 1. The molecule has 15 heteroatoms. The van der Waals surface area contributed by atoms with Crippen molar-refractivity contribution in [3.63, 3.8) is 0 Å². The molecule has 1 heterocycles. The molecule has 49 heavy (non-hydrogen) atoms. The van der Waals surface area contributed by atoms with Crippen LogP contribution in [0.25, 0.3) is 0 Å². The minimum atomic E-state index is -1.20. The third-order valence-electron chi connectivity index (χ3n) is 8.73. The number of hydrogen-bond acceptors (Lipinski definition) is 10. The van der Waals surface area contributed by atoms with Crippen LogP contribution in [0.3, 0.4) is 0 Å². The van der Waals surface area contributed by atoms with E-state index in [1.54, 1.807) is 13.8 Å². The van der Waals surface area contributed by atoms with Gasteiger partial charge in [-0.05, 0) is 37.0 Å². The Labute approximate surface area is 288 Å². The van der Waals surface area contributed by atoms with Crippen molar-refractivity contribution in [2.24, 2.45) is 17.8 Å². The van der Waals surface area contributed by atoms with E-state index in [1.165, 1.54) is 18.6 Å². The number of hydrogen-bond donors (Lipinski definition) is 5. The highest BCUT2D eigenvalue weighted by atomic mass is 16.5. The Balaban J connectivity index is 2.26. The molecule has 1 aliphatic rings. The molecule has 2 rings (SSSR count). The van der Waals surface area contributed by atoms with E-state index in [1.807, 2.05) is 20.8 Å². The molecular weight excluding hydrogens is 634 g/mol. The van der Waals surface area contributed by atoms with Gasteiger partial charge in [0.25, 0.3) is 11.8 Å². The van der Waals surface area contributed by atoms with Gasteiger partial charge in [-0.1, -0.05) is 73.1 Å². The summed E-state index contributed by atoms with van der Waals surface area (Å²) in [6.45, 7) is 8.59. The van der Waals surface area contributed by atoms with Crippen molar-refractivity contribution in [2.75, 3.05) is 13.7 Å². The first kappa shape index (κ1) is 40.7. The van der Waals surface area contributed by atoms with Crippen molar-refractivity contribution in [1.82, 2.24) is 36.6 Å². The fraction of sp³-hybridized carbons (Fsp3) is 0.676. The fourth-order valence-electron chi connectivity index (χ4n) is 5.65. The van der Waals surface area contributed by atoms with Gasteiger partial charge in [-0.25, -0.2) is 4.98 Å². The average molecular weight is 688 g/mol. The molecule has 1 aromatic rings. The Kier molecular flexibility index (Phi) is 17.3. The molecule has 5 N–H and O–H groups in total. The molecule has 5 amide bonds. The van der Waals surface area contributed by atoms with Gasteiger partial charge in [0.05, 0.1) is 19.3 Å². The van der Waals surface area contributed by atoms with E-state index < -0.39 is 72.0 Å².